The van der Waals surface area contributed by atoms with E-state index in [-0.39, 0.29) is 5.69 Å². The van der Waals surface area contributed by atoms with E-state index in [1.807, 2.05) is 0 Å². The molecule has 6 heteroatoms. The summed E-state index contributed by atoms with van der Waals surface area (Å²) in [6, 6.07) is 2.81. The second-order valence-corrected chi connectivity index (χ2v) is 2.63. The molecule has 3 N–H and O–H groups in total. The van der Waals surface area contributed by atoms with Gasteiger partial charge in [0.05, 0.1) is 0 Å². The molecule has 0 heterocycles. The van der Waals surface area contributed by atoms with Gasteiger partial charge in [-0.3, -0.25) is 5.84 Å². The van der Waals surface area contributed by atoms with Gasteiger partial charge in [0.25, 0.3) is 12.9 Å². The molecule has 0 bridgehead atoms. The zero-order valence-corrected chi connectivity index (χ0v) is 6.98. The zero-order chi connectivity index (χ0) is 10.7. The van der Waals surface area contributed by atoms with E-state index in [1.165, 1.54) is 0 Å². The Hall–Kier alpha value is -1.30. The molecule has 0 aliphatic rings. The van der Waals surface area contributed by atoms with Crippen LogP contribution in [-0.4, -0.2) is 0 Å². The number of alkyl halides is 4. The monoisotopic (exact) mass is 208 g/mol. The molecular weight excluding hydrogens is 200 g/mol. The van der Waals surface area contributed by atoms with Gasteiger partial charge in [0.2, 0.25) is 0 Å². The van der Waals surface area contributed by atoms with Gasteiger partial charge in [-0.05, 0) is 18.2 Å². The summed E-state index contributed by atoms with van der Waals surface area (Å²) in [6.07, 6.45) is -5.58. The topological polar surface area (TPSA) is 38.0 Å². The van der Waals surface area contributed by atoms with Crippen molar-refractivity contribution in [3.63, 3.8) is 0 Å². The van der Waals surface area contributed by atoms with Gasteiger partial charge in [-0.15, -0.1) is 0 Å². The molecule has 0 amide bonds. The molecule has 0 fully saturated rings. The van der Waals surface area contributed by atoms with Gasteiger partial charge >= 0.3 is 0 Å². The van der Waals surface area contributed by atoms with E-state index in [2.05, 4.69) is 5.43 Å². The molecule has 2 nitrogen and oxygen atoms in total. The number of halogens is 4. The van der Waals surface area contributed by atoms with E-state index in [0.717, 1.165) is 18.2 Å². The number of nitrogens with two attached hydrogens (primary N) is 1. The summed E-state index contributed by atoms with van der Waals surface area (Å²) < 4.78 is 48.9. The standard InChI is InChI=1S/C8H8F4N2/c9-7(10)4-1-5(8(11)12)3-6(2-4)14-13/h1-3,7-8,14H,13H2. The van der Waals surface area contributed by atoms with Crippen LogP contribution in [0, 0.1) is 0 Å². The third-order valence-electron chi connectivity index (χ3n) is 1.65. The van der Waals surface area contributed by atoms with Crippen molar-refractivity contribution < 1.29 is 17.6 Å². The molecule has 0 aliphatic heterocycles. The first-order valence-electron chi connectivity index (χ1n) is 3.72. The van der Waals surface area contributed by atoms with Gasteiger partial charge in [-0.25, -0.2) is 17.6 Å². The van der Waals surface area contributed by atoms with Crippen molar-refractivity contribution in [3.8, 4) is 0 Å². The first-order valence-corrected chi connectivity index (χ1v) is 3.72. The molecule has 0 unspecified atom stereocenters. The molecule has 78 valence electrons. The molecule has 0 aromatic heterocycles. The summed E-state index contributed by atoms with van der Waals surface area (Å²) in [4.78, 5) is 0. The second-order valence-electron chi connectivity index (χ2n) is 2.63. The van der Waals surface area contributed by atoms with Crippen molar-refractivity contribution in [3.05, 3.63) is 29.3 Å². The Balaban J connectivity index is 3.13. The quantitative estimate of drug-likeness (QED) is 0.455. The van der Waals surface area contributed by atoms with Gasteiger partial charge in [0, 0.05) is 16.8 Å². The van der Waals surface area contributed by atoms with Crippen molar-refractivity contribution in [2.24, 2.45) is 5.84 Å². The fraction of sp³-hybridized carbons (Fsp3) is 0.250. The van der Waals surface area contributed by atoms with Crippen molar-refractivity contribution in [2.45, 2.75) is 12.9 Å². The van der Waals surface area contributed by atoms with Crippen LogP contribution in [0.3, 0.4) is 0 Å². The van der Waals surface area contributed by atoms with E-state index >= 15 is 0 Å². The smallest absolute Gasteiger partial charge is 0.263 e. The summed E-state index contributed by atoms with van der Waals surface area (Å²) in [5, 5.41) is 0. The van der Waals surface area contributed by atoms with Gasteiger partial charge in [-0.2, -0.15) is 0 Å². The average Bonchev–Trinajstić information content (AvgIpc) is 2.16. The number of rotatable bonds is 3. The summed E-state index contributed by atoms with van der Waals surface area (Å²) in [7, 11) is 0. The third kappa shape index (κ3) is 2.35. The maximum atomic E-state index is 12.2. The van der Waals surface area contributed by atoms with Crippen molar-refractivity contribution in [1.82, 2.24) is 0 Å². The number of nitrogen functional groups attached to an aromatic ring is 1. The highest BCUT2D eigenvalue weighted by atomic mass is 19.3. The normalized spacial score (nSPS) is 11.1. The lowest BCUT2D eigenvalue weighted by Gasteiger charge is -2.08. The first kappa shape index (κ1) is 10.8. The number of hydrogen-bond donors (Lipinski definition) is 2. The highest BCUT2D eigenvalue weighted by Gasteiger charge is 2.14. The van der Waals surface area contributed by atoms with Crippen molar-refractivity contribution >= 4 is 5.69 Å². The maximum Gasteiger partial charge on any atom is 0.263 e. The Labute approximate surface area is 77.7 Å². The van der Waals surface area contributed by atoms with Gasteiger partial charge in [0.15, 0.2) is 0 Å². The molecule has 1 rings (SSSR count). The van der Waals surface area contributed by atoms with Crippen molar-refractivity contribution in [2.75, 3.05) is 5.43 Å². The van der Waals surface area contributed by atoms with E-state index in [4.69, 9.17) is 5.84 Å². The number of hydrogen-bond acceptors (Lipinski definition) is 2. The lowest BCUT2D eigenvalue weighted by molar-refractivity contribution is 0.144. The second kappa shape index (κ2) is 4.28. The van der Waals surface area contributed by atoms with Crippen molar-refractivity contribution in [1.29, 1.82) is 0 Å². The molecule has 0 saturated carbocycles. The predicted octanol–water partition coefficient (Wildman–Crippen LogP) is 2.85. The predicted molar refractivity (Wildman–Crippen MR) is 44.2 cm³/mol. The third-order valence-corrected chi connectivity index (χ3v) is 1.65. The first-order chi connectivity index (χ1) is 6.54. The number of nitrogens with one attached hydrogen (secondary N) is 1. The lowest BCUT2D eigenvalue weighted by atomic mass is 10.1. The maximum absolute atomic E-state index is 12.2. The van der Waals surface area contributed by atoms with E-state index in [1.54, 1.807) is 0 Å². The van der Waals surface area contributed by atoms with Crippen LogP contribution in [0.2, 0.25) is 0 Å². The van der Waals surface area contributed by atoms with E-state index in [9.17, 15) is 17.6 Å². The lowest BCUT2D eigenvalue weighted by Crippen LogP contribution is -2.07. The minimum Gasteiger partial charge on any atom is -0.324 e. The molecule has 14 heavy (non-hydrogen) atoms. The number of anilines is 1. The van der Waals surface area contributed by atoms with Crippen LogP contribution in [-0.2, 0) is 0 Å². The number of hydrazine groups is 1. The van der Waals surface area contributed by atoms with Crippen LogP contribution in [0.1, 0.15) is 24.0 Å². The Kier molecular flexibility index (Phi) is 3.29. The average molecular weight is 208 g/mol. The molecule has 1 aromatic rings. The fourth-order valence-corrected chi connectivity index (χ4v) is 1.01. The summed E-state index contributed by atoms with van der Waals surface area (Å²) in [6.45, 7) is 0. The molecule has 0 saturated heterocycles. The minimum atomic E-state index is -2.79. The van der Waals surface area contributed by atoms with E-state index < -0.39 is 24.0 Å². The Morgan fingerprint density at radius 3 is 1.64 bits per heavy atom. The molecule has 1 aromatic carbocycles. The highest BCUT2D eigenvalue weighted by Crippen LogP contribution is 2.28. The largest absolute Gasteiger partial charge is 0.324 e. The van der Waals surface area contributed by atoms with Crippen LogP contribution in [0.25, 0.3) is 0 Å². The van der Waals surface area contributed by atoms with Gasteiger partial charge in [-0.1, -0.05) is 0 Å². The molecule has 0 atom stereocenters. The Morgan fingerprint density at radius 1 is 0.929 bits per heavy atom. The van der Waals surface area contributed by atoms with Crippen LogP contribution in [0.4, 0.5) is 23.2 Å². The Bertz CT molecular complexity index is 288. The molecule has 0 spiro atoms. The summed E-state index contributed by atoms with van der Waals surface area (Å²) >= 11 is 0. The van der Waals surface area contributed by atoms with Crippen LogP contribution in [0.5, 0.6) is 0 Å². The Morgan fingerprint density at radius 2 is 1.36 bits per heavy atom. The van der Waals surface area contributed by atoms with Crippen LogP contribution >= 0.6 is 0 Å². The van der Waals surface area contributed by atoms with Crippen LogP contribution < -0.4 is 11.3 Å². The fourth-order valence-electron chi connectivity index (χ4n) is 1.01. The number of benzene rings is 1. The SMILES string of the molecule is NNc1cc(C(F)F)cc(C(F)F)c1. The molecule has 0 aliphatic carbocycles. The van der Waals surface area contributed by atoms with Crippen LogP contribution in [0.15, 0.2) is 18.2 Å². The minimum absolute atomic E-state index is 0.0399. The summed E-state index contributed by atoms with van der Waals surface area (Å²) in [5.41, 5.74) is 1.14. The zero-order valence-electron chi connectivity index (χ0n) is 6.98. The summed E-state index contributed by atoms with van der Waals surface area (Å²) in [5.74, 6) is 4.95. The van der Waals surface area contributed by atoms with E-state index in [0.29, 0.717) is 0 Å². The van der Waals surface area contributed by atoms with Gasteiger partial charge in [0.1, 0.15) is 0 Å². The van der Waals surface area contributed by atoms with Gasteiger partial charge < -0.3 is 5.43 Å². The molecular formula is C8H8F4N2. The highest BCUT2D eigenvalue weighted by molar-refractivity contribution is 5.48. The molecule has 0 radical (unpaired) electrons.